The predicted octanol–water partition coefficient (Wildman–Crippen LogP) is 6.30. The maximum Gasteiger partial charge on any atom is 0.127 e. The maximum absolute atomic E-state index is 6.57. The number of fused-ring (bicyclic) bond motifs is 3. The topological polar surface area (TPSA) is 18.5 Å². The monoisotopic (exact) mass is 382 g/mol. The number of rotatable bonds is 3. The van der Waals surface area contributed by atoms with E-state index in [1.54, 1.807) is 0 Å². The van der Waals surface area contributed by atoms with Gasteiger partial charge in [0.25, 0.3) is 0 Å². The molecule has 1 aromatic rings. The summed E-state index contributed by atoms with van der Waals surface area (Å²) < 4.78 is 12.4. The van der Waals surface area contributed by atoms with Crippen LogP contribution in [0.5, 0.6) is 5.75 Å². The van der Waals surface area contributed by atoms with E-state index in [4.69, 9.17) is 32.7 Å². The zero-order valence-electron chi connectivity index (χ0n) is 15.5. The summed E-state index contributed by atoms with van der Waals surface area (Å²) in [5.74, 6) is 1.67. The molecule has 0 amide bonds. The fourth-order valence-corrected chi connectivity index (χ4v) is 5.91. The maximum atomic E-state index is 6.57. The minimum atomic E-state index is -0.604. The third-order valence-electron chi connectivity index (χ3n) is 7.00. The number of hydrogen-bond donors (Lipinski definition) is 0. The van der Waals surface area contributed by atoms with Crippen LogP contribution in [0.1, 0.15) is 65.0 Å². The van der Waals surface area contributed by atoms with E-state index in [0.29, 0.717) is 17.9 Å². The molecule has 2 fully saturated rings. The molecule has 1 aromatic carbocycles. The molecule has 0 N–H and O–H groups in total. The summed E-state index contributed by atoms with van der Waals surface area (Å²) in [5.41, 5.74) is 0.949. The Labute approximate surface area is 161 Å². The Morgan fingerprint density at radius 3 is 2.48 bits per heavy atom. The van der Waals surface area contributed by atoms with Gasteiger partial charge in [-0.1, -0.05) is 32.0 Å². The van der Waals surface area contributed by atoms with Crippen LogP contribution >= 0.6 is 23.2 Å². The van der Waals surface area contributed by atoms with E-state index in [2.05, 4.69) is 45.9 Å². The molecule has 1 saturated carbocycles. The molecule has 4 rings (SSSR count). The van der Waals surface area contributed by atoms with Gasteiger partial charge in [0.2, 0.25) is 0 Å². The molecule has 25 heavy (non-hydrogen) atoms. The summed E-state index contributed by atoms with van der Waals surface area (Å²) in [6.07, 6.45) is 4.59. The average molecular weight is 383 g/mol. The Morgan fingerprint density at radius 1 is 1.12 bits per heavy atom. The van der Waals surface area contributed by atoms with Crippen molar-refractivity contribution in [1.29, 1.82) is 0 Å². The van der Waals surface area contributed by atoms with Gasteiger partial charge in [-0.15, -0.1) is 23.2 Å². The second-order valence-electron chi connectivity index (χ2n) is 8.94. The van der Waals surface area contributed by atoms with Crippen LogP contribution in [0, 0.1) is 17.3 Å². The lowest BCUT2D eigenvalue weighted by atomic mass is 9.72. The van der Waals surface area contributed by atoms with E-state index in [0.717, 1.165) is 31.4 Å². The first-order valence-electron chi connectivity index (χ1n) is 9.48. The summed E-state index contributed by atoms with van der Waals surface area (Å²) in [6, 6.07) is 8.34. The van der Waals surface area contributed by atoms with Gasteiger partial charge in [-0.2, -0.15) is 0 Å². The molecular weight excluding hydrogens is 355 g/mol. The van der Waals surface area contributed by atoms with Crippen LogP contribution in [0.2, 0.25) is 0 Å². The zero-order chi connectivity index (χ0) is 18.0. The number of benzene rings is 1. The molecule has 0 aromatic heterocycles. The zero-order valence-corrected chi connectivity index (χ0v) is 17.0. The van der Waals surface area contributed by atoms with Gasteiger partial charge in [-0.05, 0) is 45.6 Å². The first-order chi connectivity index (χ1) is 11.7. The summed E-state index contributed by atoms with van der Waals surface area (Å²) in [6.45, 7) is 8.74. The van der Waals surface area contributed by atoms with Crippen LogP contribution in [-0.2, 0) is 4.74 Å². The van der Waals surface area contributed by atoms with Gasteiger partial charge in [-0.25, -0.2) is 0 Å². The van der Waals surface area contributed by atoms with Crippen molar-refractivity contribution in [3.05, 3.63) is 29.8 Å². The predicted molar refractivity (Wildman–Crippen MR) is 102 cm³/mol. The van der Waals surface area contributed by atoms with Crippen molar-refractivity contribution in [2.45, 2.75) is 75.5 Å². The van der Waals surface area contributed by atoms with Crippen molar-refractivity contribution in [3.63, 3.8) is 0 Å². The van der Waals surface area contributed by atoms with E-state index in [-0.39, 0.29) is 17.1 Å². The lowest BCUT2D eigenvalue weighted by Gasteiger charge is -2.50. The lowest BCUT2D eigenvalue weighted by molar-refractivity contribution is -0.153. The Hall–Kier alpha value is -0.440. The fraction of sp³-hybridized carbons (Fsp3) is 0.714. The molecule has 0 spiro atoms. The van der Waals surface area contributed by atoms with Crippen LogP contribution in [0.3, 0.4) is 0 Å². The van der Waals surface area contributed by atoms with E-state index in [1.807, 2.05) is 6.07 Å². The van der Waals surface area contributed by atoms with Crippen LogP contribution in [0.4, 0.5) is 0 Å². The highest BCUT2D eigenvalue weighted by Crippen LogP contribution is 2.70. The molecule has 5 atom stereocenters. The van der Waals surface area contributed by atoms with E-state index in [9.17, 15) is 0 Å². The number of ether oxygens (including phenoxy) is 2. The van der Waals surface area contributed by atoms with Gasteiger partial charge in [0.15, 0.2) is 0 Å². The largest absolute Gasteiger partial charge is 0.487 e. The normalized spacial score (nSPS) is 40.6. The summed E-state index contributed by atoms with van der Waals surface area (Å²) >= 11 is 13.0. The Kier molecular flexibility index (Phi) is 4.15. The molecule has 0 unspecified atom stereocenters. The SMILES string of the molecule is C[C@H]1CC[C@H]2[C@@H](O1)c1ccccc1O[C@@]2(C)CC[C@@H]1C(C)(C)C1(Cl)Cl. The quantitative estimate of drug-likeness (QED) is 0.570. The minimum Gasteiger partial charge on any atom is -0.487 e. The number of para-hydroxylation sites is 1. The van der Waals surface area contributed by atoms with Gasteiger partial charge in [-0.3, -0.25) is 0 Å². The molecule has 3 aliphatic rings. The summed E-state index contributed by atoms with van der Waals surface area (Å²) in [4.78, 5) is 0. The molecule has 4 heteroatoms. The Bertz CT molecular complexity index is 658. The van der Waals surface area contributed by atoms with Gasteiger partial charge in [0.05, 0.1) is 12.2 Å². The Morgan fingerprint density at radius 2 is 1.80 bits per heavy atom. The summed E-state index contributed by atoms with van der Waals surface area (Å²) in [5, 5.41) is 0. The van der Waals surface area contributed by atoms with Crippen LogP contribution < -0.4 is 4.74 Å². The lowest BCUT2D eigenvalue weighted by Crippen LogP contribution is -2.50. The third kappa shape index (κ3) is 2.71. The molecule has 0 bridgehead atoms. The smallest absolute Gasteiger partial charge is 0.127 e. The molecule has 1 saturated heterocycles. The number of alkyl halides is 2. The van der Waals surface area contributed by atoms with Crippen molar-refractivity contribution < 1.29 is 9.47 Å². The molecule has 2 aliphatic heterocycles. The molecular formula is C21H28Cl2O2. The van der Waals surface area contributed by atoms with Crippen LogP contribution in [0.15, 0.2) is 24.3 Å². The van der Waals surface area contributed by atoms with Gasteiger partial charge < -0.3 is 9.47 Å². The van der Waals surface area contributed by atoms with Crippen molar-refractivity contribution in [1.82, 2.24) is 0 Å². The van der Waals surface area contributed by atoms with E-state index in [1.165, 1.54) is 5.56 Å². The second kappa shape index (κ2) is 5.78. The highest BCUT2D eigenvalue weighted by atomic mass is 35.5. The first kappa shape index (κ1) is 17.9. The van der Waals surface area contributed by atoms with Gasteiger partial charge in [0.1, 0.15) is 15.7 Å². The molecule has 138 valence electrons. The van der Waals surface area contributed by atoms with Crippen LogP contribution in [-0.4, -0.2) is 16.0 Å². The molecule has 2 nitrogen and oxygen atoms in total. The molecule has 1 aliphatic carbocycles. The van der Waals surface area contributed by atoms with Crippen molar-refractivity contribution >= 4 is 23.2 Å². The van der Waals surface area contributed by atoms with Crippen LogP contribution in [0.25, 0.3) is 0 Å². The van der Waals surface area contributed by atoms with Crippen molar-refractivity contribution in [2.75, 3.05) is 0 Å². The standard InChI is InChI=1S/C21H28Cl2O2/c1-13-9-10-15-18(24-13)14-7-5-6-8-16(14)25-20(15,4)12-11-17-19(2,3)21(17,22)23/h5-8,13,15,17-18H,9-12H2,1-4H3/t13-,15-,17+,18-,20-/m0/s1. The third-order valence-corrected chi connectivity index (χ3v) is 8.50. The van der Waals surface area contributed by atoms with E-state index < -0.39 is 4.33 Å². The summed E-state index contributed by atoms with van der Waals surface area (Å²) in [7, 11) is 0. The molecule has 0 radical (unpaired) electrons. The fourth-order valence-electron chi connectivity index (χ4n) is 5.00. The highest BCUT2D eigenvalue weighted by molar-refractivity contribution is 6.51. The van der Waals surface area contributed by atoms with Gasteiger partial charge in [0, 0.05) is 22.8 Å². The first-order valence-corrected chi connectivity index (χ1v) is 10.2. The van der Waals surface area contributed by atoms with Gasteiger partial charge >= 0.3 is 0 Å². The number of hydrogen-bond acceptors (Lipinski definition) is 2. The minimum absolute atomic E-state index is 0.0178. The highest BCUT2D eigenvalue weighted by Gasteiger charge is 2.69. The average Bonchev–Trinajstić information content (AvgIpc) is 2.94. The Balaban J connectivity index is 1.59. The van der Waals surface area contributed by atoms with Crippen molar-refractivity contribution in [3.8, 4) is 5.75 Å². The molecule has 2 heterocycles. The number of halogens is 2. The van der Waals surface area contributed by atoms with Crippen molar-refractivity contribution in [2.24, 2.45) is 17.3 Å². The second-order valence-corrected chi connectivity index (χ2v) is 10.3. The van der Waals surface area contributed by atoms with E-state index >= 15 is 0 Å².